The van der Waals surface area contributed by atoms with E-state index in [-0.39, 0.29) is 0 Å². The molecule has 4 nitrogen and oxygen atoms in total. The van der Waals surface area contributed by atoms with Crippen LogP contribution in [0.15, 0.2) is 29.0 Å². The Morgan fingerprint density at radius 3 is 3.00 bits per heavy atom. The van der Waals surface area contributed by atoms with E-state index < -0.39 is 4.92 Å². The second kappa shape index (κ2) is 3.01. The summed E-state index contributed by atoms with van der Waals surface area (Å²) in [6, 6.07) is 3.36. The zero-order valence-corrected chi connectivity index (χ0v) is 5.98. The number of hydrogen-bond acceptors (Lipinski definition) is 3. The summed E-state index contributed by atoms with van der Waals surface area (Å²) in [7, 11) is 0. The van der Waals surface area contributed by atoms with Gasteiger partial charge in [0.25, 0.3) is 0 Å². The molecule has 0 fully saturated rings. The van der Waals surface area contributed by atoms with Crippen LogP contribution in [0, 0.1) is 10.1 Å². The monoisotopic (exact) mass is 153 g/mol. The highest BCUT2D eigenvalue weighted by Crippen LogP contribution is 2.12. The molecule has 0 aliphatic rings. The molecule has 1 aromatic rings. The lowest BCUT2D eigenvalue weighted by atomic mass is 10.2. The molecule has 0 radical (unpaired) electrons. The molecular formula is C7H7NO3. The predicted octanol–water partition coefficient (Wildman–Crippen LogP) is 1.92. The van der Waals surface area contributed by atoms with E-state index in [2.05, 4.69) is 0 Å². The van der Waals surface area contributed by atoms with Crippen LogP contribution in [0.2, 0.25) is 0 Å². The molecule has 0 amide bonds. The predicted molar refractivity (Wildman–Crippen MR) is 39.4 cm³/mol. The summed E-state index contributed by atoms with van der Waals surface area (Å²) in [6.07, 6.45) is 2.39. The van der Waals surface area contributed by atoms with Crippen molar-refractivity contribution in [3.05, 3.63) is 40.5 Å². The van der Waals surface area contributed by atoms with Gasteiger partial charge in [-0.3, -0.25) is 10.1 Å². The maximum absolute atomic E-state index is 9.99. The van der Waals surface area contributed by atoms with E-state index in [4.69, 9.17) is 4.42 Å². The molecule has 58 valence electrons. The summed E-state index contributed by atoms with van der Waals surface area (Å²) >= 11 is 0. The van der Waals surface area contributed by atoms with E-state index in [0.29, 0.717) is 11.3 Å². The Morgan fingerprint density at radius 2 is 2.55 bits per heavy atom. The molecule has 0 saturated heterocycles. The van der Waals surface area contributed by atoms with Gasteiger partial charge in [-0.25, -0.2) is 0 Å². The Labute approximate surface area is 63.3 Å². The Balaban J connectivity index is 2.86. The van der Waals surface area contributed by atoms with Crippen LogP contribution < -0.4 is 0 Å². The van der Waals surface area contributed by atoms with E-state index in [1.54, 1.807) is 19.1 Å². The molecule has 1 aromatic heterocycles. The summed E-state index contributed by atoms with van der Waals surface area (Å²) in [4.78, 5) is 9.49. The second-order valence-corrected chi connectivity index (χ2v) is 2.07. The number of furan rings is 1. The summed E-state index contributed by atoms with van der Waals surface area (Å²) in [5.41, 5.74) is 0.514. The van der Waals surface area contributed by atoms with Gasteiger partial charge in [-0.1, -0.05) is 0 Å². The fraction of sp³-hybridized carbons (Fsp3) is 0.143. The van der Waals surface area contributed by atoms with Crippen molar-refractivity contribution in [1.29, 1.82) is 0 Å². The Kier molecular flexibility index (Phi) is 2.06. The maximum Gasteiger partial charge on any atom is 0.241 e. The van der Waals surface area contributed by atoms with Gasteiger partial charge in [0, 0.05) is 0 Å². The maximum atomic E-state index is 9.99. The highest BCUT2D eigenvalue weighted by atomic mass is 16.6. The fourth-order valence-corrected chi connectivity index (χ4v) is 0.725. The number of allylic oxidation sites excluding steroid dienone is 1. The summed E-state index contributed by atoms with van der Waals surface area (Å²) in [6.45, 7) is 1.63. The van der Waals surface area contributed by atoms with Crippen molar-refractivity contribution >= 4 is 5.57 Å². The quantitative estimate of drug-likeness (QED) is 0.481. The van der Waals surface area contributed by atoms with Crippen molar-refractivity contribution < 1.29 is 9.34 Å². The van der Waals surface area contributed by atoms with Crippen LogP contribution in [0.5, 0.6) is 0 Å². The van der Waals surface area contributed by atoms with Gasteiger partial charge in [-0.05, 0) is 19.1 Å². The number of rotatable bonds is 2. The molecule has 0 aliphatic heterocycles. The first-order chi connectivity index (χ1) is 5.20. The van der Waals surface area contributed by atoms with Crippen LogP contribution in [-0.2, 0) is 0 Å². The van der Waals surface area contributed by atoms with Gasteiger partial charge >= 0.3 is 0 Å². The van der Waals surface area contributed by atoms with Crippen molar-refractivity contribution in [3.63, 3.8) is 0 Å². The highest BCUT2D eigenvalue weighted by Gasteiger charge is 2.01. The molecule has 0 spiro atoms. The van der Waals surface area contributed by atoms with Crippen molar-refractivity contribution in [2.75, 3.05) is 0 Å². The molecule has 0 unspecified atom stereocenters. The number of hydrogen-bond donors (Lipinski definition) is 0. The molecule has 0 saturated carbocycles. The zero-order valence-electron chi connectivity index (χ0n) is 5.98. The summed E-state index contributed by atoms with van der Waals surface area (Å²) in [5.74, 6) is 0.529. The van der Waals surface area contributed by atoms with E-state index in [0.717, 1.165) is 6.20 Å². The molecule has 11 heavy (non-hydrogen) atoms. The molecule has 4 heteroatoms. The van der Waals surface area contributed by atoms with Crippen LogP contribution in [0.25, 0.3) is 5.57 Å². The zero-order chi connectivity index (χ0) is 8.27. The lowest BCUT2D eigenvalue weighted by Gasteiger charge is -1.88. The average molecular weight is 153 g/mol. The molecule has 0 N–H and O–H groups in total. The molecule has 0 bridgehead atoms. The van der Waals surface area contributed by atoms with Crippen molar-refractivity contribution in [3.8, 4) is 0 Å². The first-order valence-corrected chi connectivity index (χ1v) is 3.06. The van der Waals surface area contributed by atoms with Gasteiger partial charge in [0.05, 0.1) is 16.8 Å². The van der Waals surface area contributed by atoms with Crippen molar-refractivity contribution in [1.82, 2.24) is 0 Å². The van der Waals surface area contributed by atoms with Gasteiger partial charge in [-0.2, -0.15) is 0 Å². The Hall–Kier alpha value is -1.58. The summed E-state index contributed by atoms with van der Waals surface area (Å²) in [5, 5.41) is 9.99. The van der Waals surface area contributed by atoms with E-state index in [9.17, 15) is 10.1 Å². The van der Waals surface area contributed by atoms with E-state index in [1.807, 2.05) is 0 Å². The molecule has 1 heterocycles. The molecular weight excluding hydrogens is 146 g/mol. The lowest BCUT2D eigenvalue weighted by molar-refractivity contribution is -0.401. The molecule has 0 aromatic carbocycles. The van der Waals surface area contributed by atoms with Crippen LogP contribution in [0.4, 0.5) is 0 Å². The average Bonchev–Trinajstić information content (AvgIpc) is 2.35. The fourth-order valence-electron chi connectivity index (χ4n) is 0.725. The largest absolute Gasteiger partial charge is 0.464 e. The minimum absolute atomic E-state index is 0.502. The van der Waals surface area contributed by atoms with Crippen molar-refractivity contribution in [2.24, 2.45) is 0 Å². The van der Waals surface area contributed by atoms with Gasteiger partial charge in [0.2, 0.25) is 6.20 Å². The second-order valence-electron chi connectivity index (χ2n) is 2.07. The van der Waals surface area contributed by atoms with Gasteiger partial charge < -0.3 is 4.42 Å². The van der Waals surface area contributed by atoms with Gasteiger partial charge in [0.1, 0.15) is 5.76 Å². The first kappa shape index (κ1) is 7.53. The van der Waals surface area contributed by atoms with Gasteiger partial charge in [-0.15, -0.1) is 0 Å². The van der Waals surface area contributed by atoms with Crippen LogP contribution >= 0.6 is 0 Å². The molecule has 0 aliphatic carbocycles. The van der Waals surface area contributed by atoms with Crippen LogP contribution in [0.1, 0.15) is 12.7 Å². The van der Waals surface area contributed by atoms with Crippen LogP contribution in [-0.4, -0.2) is 4.92 Å². The number of nitro groups is 1. The minimum atomic E-state index is -0.502. The first-order valence-electron chi connectivity index (χ1n) is 3.06. The minimum Gasteiger partial charge on any atom is -0.464 e. The normalized spacial score (nSPS) is 11.5. The smallest absolute Gasteiger partial charge is 0.241 e. The standard InChI is InChI=1S/C7H7NO3/c1-6(5-8(9)10)7-3-2-4-11-7/h2-5H,1H3/b6-5+. The topological polar surface area (TPSA) is 56.3 Å². The van der Waals surface area contributed by atoms with E-state index in [1.165, 1.54) is 6.26 Å². The lowest BCUT2D eigenvalue weighted by Crippen LogP contribution is -1.85. The third-order valence-electron chi connectivity index (χ3n) is 1.21. The Morgan fingerprint density at radius 1 is 1.82 bits per heavy atom. The SMILES string of the molecule is C/C(=C\[N+](=O)[O-])c1ccco1. The summed E-state index contributed by atoms with van der Waals surface area (Å²) < 4.78 is 4.92. The Bertz CT molecular complexity index is 274. The molecule has 1 rings (SSSR count). The van der Waals surface area contributed by atoms with Gasteiger partial charge in [0.15, 0.2) is 0 Å². The molecule has 0 atom stereocenters. The van der Waals surface area contributed by atoms with Crippen molar-refractivity contribution in [2.45, 2.75) is 6.92 Å². The third kappa shape index (κ3) is 1.93. The van der Waals surface area contributed by atoms with E-state index >= 15 is 0 Å². The number of nitrogens with zero attached hydrogens (tertiary/aromatic N) is 1. The highest BCUT2D eigenvalue weighted by molar-refractivity contribution is 5.57. The third-order valence-corrected chi connectivity index (χ3v) is 1.21. The van der Waals surface area contributed by atoms with Crippen LogP contribution in [0.3, 0.4) is 0 Å².